The van der Waals surface area contributed by atoms with Gasteiger partial charge >= 0.3 is 0 Å². The molecule has 7 heteroatoms. The number of hydrogen-bond acceptors (Lipinski definition) is 5. The number of amides is 1. The zero-order valence-corrected chi connectivity index (χ0v) is 11.9. The first-order valence-corrected chi connectivity index (χ1v) is 6.68. The van der Waals surface area contributed by atoms with Crippen LogP contribution in [0, 0.1) is 0 Å². The van der Waals surface area contributed by atoms with E-state index in [1.807, 2.05) is 0 Å². The topological polar surface area (TPSA) is 86.7 Å². The van der Waals surface area contributed by atoms with Crippen molar-refractivity contribution in [1.29, 1.82) is 0 Å². The van der Waals surface area contributed by atoms with E-state index in [-0.39, 0.29) is 5.91 Å². The molecule has 0 spiro atoms. The van der Waals surface area contributed by atoms with Gasteiger partial charge in [-0.3, -0.25) is 4.79 Å². The number of rotatable bonds is 2. The van der Waals surface area contributed by atoms with E-state index in [0.29, 0.717) is 46.3 Å². The van der Waals surface area contributed by atoms with E-state index in [2.05, 4.69) is 21.2 Å². The number of nitrogens with two attached hydrogens (primary N) is 1. The molecular weight excluding hydrogens is 328 g/mol. The second-order valence-electron chi connectivity index (χ2n) is 4.15. The van der Waals surface area contributed by atoms with Gasteiger partial charge in [0.2, 0.25) is 0 Å². The lowest BCUT2D eigenvalue weighted by atomic mass is 10.2. The summed E-state index contributed by atoms with van der Waals surface area (Å²) in [5.41, 5.74) is 7.16. The molecule has 0 bridgehead atoms. The van der Waals surface area contributed by atoms with Crippen LogP contribution in [0.4, 0.5) is 11.4 Å². The summed E-state index contributed by atoms with van der Waals surface area (Å²) < 4.78 is 16.3. The van der Waals surface area contributed by atoms with Gasteiger partial charge in [0, 0.05) is 12.1 Å². The first-order chi connectivity index (χ1) is 9.65. The summed E-state index contributed by atoms with van der Waals surface area (Å²) in [4.78, 5) is 12.1. The number of halogens is 1. The zero-order chi connectivity index (χ0) is 14.1. The van der Waals surface area contributed by atoms with Crippen molar-refractivity contribution in [3.8, 4) is 11.5 Å². The van der Waals surface area contributed by atoms with E-state index in [9.17, 15) is 4.79 Å². The molecule has 2 aromatic rings. The van der Waals surface area contributed by atoms with Gasteiger partial charge in [0.15, 0.2) is 16.2 Å². The number of furan rings is 1. The van der Waals surface area contributed by atoms with Crippen LogP contribution in [0.1, 0.15) is 10.4 Å². The number of nitrogens with one attached hydrogen (secondary N) is 1. The lowest BCUT2D eigenvalue weighted by Crippen LogP contribution is -2.17. The highest BCUT2D eigenvalue weighted by atomic mass is 79.9. The van der Waals surface area contributed by atoms with Crippen LogP contribution in [0.2, 0.25) is 0 Å². The number of fused-ring (bicyclic) bond motifs is 1. The molecule has 1 aromatic heterocycles. The quantitative estimate of drug-likeness (QED) is 0.822. The lowest BCUT2D eigenvalue weighted by molar-refractivity contribution is 0.102. The van der Waals surface area contributed by atoms with Crippen molar-refractivity contribution in [2.45, 2.75) is 0 Å². The average molecular weight is 339 g/mol. The van der Waals surface area contributed by atoms with Gasteiger partial charge in [0.05, 0.1) is 23.2 Å². The molecule has 6 nitrogen and oxygen atoms in total. The number of anilines is 2. The molecule has 1 aliphatic rings. The van der Waals surface area contributed by atoms with Gasteiger partial charge in [-0.05, 0) is 22.0 Å². The van der Waals surface area contributed by atoms with E-state index in [4.69, 9.17) is 19.6 Å². The Bertz CT molecular complexity index is 668. The molecule has 0 atom stereocenters. The van der Waals surface area contributed by atoms with Gasteiger partial charge in [0.1, 0.15) is 13.2 Å². The molecule has 0 aliphatic carbocycles. The van der Waals surface area contributed by atoms with E-state index in [0.717, 1.165) is 0 Å². The lowest BCUT2D eigenvalue weighted by Gasteiger charge is -2.20. The summed E-state index contributed by atoms with van der Waals surface area (Å²) in [6.07, 6.45) is 1.42. The smallest absolute Gasteiger partial charge is 0.260 e. The monoisotopic (exact) mass is 338 g/mol. The molecule has 104 valence electrons. The average Bonchev–Trinajstić information content (AvgIpc) is 2.86. The highest BCUT2D eigenvalue weighted by Gasteiger charge is 2.18. The molecule has 1 aliphatic heterocycles. The second kappa shape index (κ2) is 5.09. The van der Waals surface area contributed by atoms with Crippen molar-refractivity contribution in [3.05, 3.63) is 34.7 Å². The summed E-state index contributed by atoms with van der Waals surface area (Å²) in [7, 11) is 0. The number of carbonyl (C=O) groups is 1. The molecule has 20 heavy (non-hydrogen) atoms. The van der Waals surface area contributed by atoms with Crippen LogP contribution < -0.4 is 20.5 Å². The number of nitrogen functional groups attached to an aromatic ring is 1. The Morgan fingerprint density at radius 3 is 2.60 bits per heavy atom. The van der Waals surface area contributed by atoms with E-state index in [1.165, 1.54) is 6.26 Å². The van der Waals surface area contributed by atoms with Crippen LogP contribution in [0.25, 0.3) is 0 Å². The van der Waals surface area contributed by atoms with Gasteiger partial charge in [0.25, 0.3) is 5.91 Å². The SMILES string of the molecule is Nc1cc2c(cc1NC(=O)c1ccoc1Br)OCCO2. The van der Waals surface area contributed by atoms with Gasteiger partial charge in [-0.25, -0.2) is 0 Å². The number of ether oxygens (including phenoxy) is 2. The van der Waals surface area contributed by atoms with Gasteiger partial charge in [-0.1, -0.05) is 0 Å². The fourth-order valence-electron chi connectivity index (χ4n) is 1.86. The van der Waals surface area contributed by atoms with Crippen LogP contribution >= 0.6 is 15.9 Å². The van der Waals surface area contributed by atoms with Crippen molar-refractivity contribution >= 4 is 33.2 Å². The first-order valence-electron chi connectivity index (χ1n) is 5.88. The Balaban J connectivity index is 1.87. The van der Waals surface area contributed by atoms with Gasteiger partial charge < -0.3 is 24.9 Å². The molecule has 0 saturated carbocycles. The molecule has 3 rings (SSSR count). The van der Waals surface area contributed by atoms with Crippen LogP contribution in [0.3, 0.4) is 0 Å². The summed E-state index contributed by atoms with van der Waals surface area (Å²) >= 11 is 3.16. The summed E-state index contributed by atoms with van der Waals surface area (Å²) in [5, 5.41) is 2.71. The Labute approximate surface area is 123 Å². The minimum absolute atomic E-state index is 0.325. The maximum atomic E-state index is 12.1. The number of hydrogen-bond donors (Lipinski definition) is 2. The van der Waals surface area contributed by atoms with Crippen molar-refractivity contribution < 1.29 is 18.7 Å². The zero-order valence-electron chi connectivity index (χ0n) is 10.3. The highest BCUT2D eigenvalue weighted by Crippen LogP contribution is 2.37. The third-order valence-electron chi connectivity index (χ3n) is 2.83. The van der Waals surface area contributed by atoms with Crippen molar-refractivity contribution in [1.82, 2.24) is 0 Å². The predicted octanol–water partition coefficient (Wildman–Crippen LogP) is 2.65. The first kappa shape index (κ1) is 12.9. The Morgan fingerprint density at radius 1 is 1.25 bits per heavy atom. The third-order valence-corrected chi connectivity index (χ3v) is 3.44. The summed E-state index contributed by atoms with van der Waals surface area (Å²) in [5.74, 6) is 0.817. The maximum absolute atomic E-state index is 12.1. The number of carbonyl (C=O) groups excluding carboxylic acids is 1. The van der Waals surface area contributed by atoms with E-state index >= 15 is 0 Å². The summed E-state index contributed by atoms with van der Waals surface area (Å²) in [6, 6.07) is 4.85. The fourth-order valence-corrected chi connectivity index (χ4v) is 2.28. The van der Waals surface area contributed by atoms with Crippen LogP contribution in [0.5, 0.6) is 11.5 Å². The van der Waals surface area contributed by atoms with Crippen LogP contribution in [0.15, 0.2) is 33.5 Å². The predicted molar refractivity (Wildman–Crippen MR) is 76.2 cm³/mol. The molecule has 0 saturated heterocycles. The van der Waals surface area contributed by atoms with Crippen LogP contribution in [-0.4, -0.2) is 19.1 Å². The normalized spacial score (nSPS) is 13.1. The molecule has 1 aromatic carbocycles. The largest absolute Gasteiger partial charge is 0.486 e. The Hall–Kier alpha value is -2.15. The van der Waals surface area contributed by atoms with E-state index in [1.54, 1.807) is 18.2 Å². The highest BCUT2D eigenvalue weighted by molar-refractivity contribution is 9.10. The van der Waals surface area contributed by atoms with Crippen LogP contribution in [-0.2, 0) is 0 Å². The van der Waals surface area contributed by atoms with Crippen molar-refractivity contribution in [3.63, 3.8) is 0 Å². The maximum Gasteiger partial charge on any atom is 0.260 e. The standard InChI is InChI=1S/C13H11BrN2O4/c14-12-7(1-2-20-12)13(17)16-9-6-11-10(5-8(9)15)18-3-4-19-11/h1-2,5-6H,3-4,15H2,(H,16,17). The molecule has 1 amide bonds. The molecule has 0 radical (unpaired) electrons. The van der Waals surface area contributed by atoms with E-state index < -0.39 is 0 Å². The molecule has 0 fully saturated rings. The Morgan fingerprint density at radius 2 is 1.95 bits per heavy atom. The molecular formula is C13H11BrN2O4. The fraction of sp³-hybridized carbons (Fsp3) is 0.154. The second-order valence-corrected chi connectivity index (χ2v) is 4.87. The van der Waals surface area contributed by atoms with Gasteiger partial charge in [-0.2, -0.15) is 0 Å². The third kappa shape index (κ3) is 2.32. The minimum atomic E-state index is -0.325. The van der Waals surface area contributed by atoms with Crippen molar-refractivity contribution in [2.24, 2.45) is 0 Å². The molecule has 3 N–H and O–H groups in total. The van der Waals surface area contributed by atoms with Gasteiger partial charge in [-0.15, -0.1) is 0 Å². The Kier molecular flexibility index (Phi) is 3.27. The number of benzene rings is 1. The van der Waals surface area contributed by atoms with Crippen molar-refractivity contribution in [2.75, 3.05) is 24.3 Å². The molecule has 2 heterocycles. The minimum Gasteiger partial charge on any atom is -0.486 e. The molecule has 0 unspecified atom stereocenters. The summed E-state index contributed by atoms with van der Waals surface area (Å²) in [6.45, 7) is 0.956.